The van der Waals surface area contributed by atoms with Crippen LogP contribution in [0.25, 0.3) is 0 Å². The van der Waals surface area contributed by atoms with E-state index in [1.807, 2.05) is 0 Å². The van der Waals surface area contributed by atoms with Gasteiger partial charge in [-0.2, -0.15) is 0 Å². The normalized spacial score (nSPS) is 9.56. The van der Waals surface area contributed by atoms with Gasteiger partial charge in [-0.1, -0.05) is 0 Å². The minimum atomic E-state index is 0.0107. The van der Waals surface area contributed by atoms with Gasteiger partial charge >= 0.3 is 68.9 Å². The second-order valence-electron chi connectivity index (χ2n) is 2.49. The van der Waals surface area contributed by atoms with E-state index < -0.39 is 0 Å². The molecule has 0 N–H and O–H groups in total. The quantitative estimate of drug-likeness (QED) is 0.387. The van der Waals surface area contributed by atoms with Gasteiger partial charge in [0.2, 0.25) is 0 Å². The summed E-state index contributed by atoms with van der Waals surface area (Å²) in [7, 11) is 0. The fraction of sp³-hybridized carbons (Fsp3) is 0.750. The first-order valence-electron chi connectivity index (χ1n) is 3.62. The van der Waals surface area contributed by atoms with Crippen molar-refractivity contribution in [2.45, 2.75) is 35.6 Å². The summed E-state index contributed by atoms with van der Waals surface area (Å²) in [6.45, 7) is 8.30. The topological polar surface area (TPSA) is 0 Å². The zero-order valence-electron chi connectivity index (χ0n) is 6.54. The summed E-state index contributed by atoms with van der Waals surface area (Å²) in [6, 6.07) is 0. The predicted molar refractivity (Wildman–Crippen MR) is 45.1 cm³/mol. The first kappa shape index (κ1) is 9.54. The van der Waals surface area contributed by atoms with E-state index in [0.29, 0.717) is 0 Å². The molecule has 2 radical (unpaired) electrons. The number of hydrogen-bond donors (Lipinski definition) is 0. The van der Waals surface area contributed by atoms with E-state index in [1.54, 1.807) is 4.44 Å². The van der Waals surface area contributed by atoms with Crippen molar-refractivity contribution < 1.29 is 0 Å². The van der Waals surface area contributed by atoms with Gasteiger partial charge in [0.05, 0.1) is 0 Å². The molecule has 0 aliphatic rings. The molecule has 0 saturated heterocycles. The molecule has 9 heavy (non-hydrogen) atoms. The van der Waals surface area contributed by atoms with Crippen molar-refractivity contribution in [2.24, 2.45) is 0 Å². The van der Waals surface area contributed by atoms with E-state index in [-0.39, 0.29) is 21.1 Å². The Morgan fingerprint density at radius 3 is 2.67 bits per heavy atom. The van der Waals surface area contributed by atoms with Gasteiger partial charge in [0.15, 0.2) is 0 Å². The van der Waals surface area contributed by atoms with Crippen molar-refractivity contribution >= 4 is 21.1 Å². The van der Waals surface area contributed by atoms with Crippen molar-refractivity contribution in [3.05, 3.63) is 12.2 Å². The average Bonchev–Trinajstić information content (AvgIpc) is 1.80. The Labute approximate surface area is 68.9 Å². The fourth-order valence-corrected chi connectivity index (χ4v) is 4.05. The molecule has 0 fully saturated rings. The van der Waals surface area contributed by atoms with Gasteiger partial charge in [0.1, 0.15) is 0 Å². The molecule has 0 bridgehead atoms. The van der Waals surface area contributed by atoms with Gasteiger partial charge in [-0.05, 0) is 0 Å². The molecule has 0 saturated carbocycles. The summed E-state index contributed by atoms with van der Waals surface area (Å²) in [5, 5.41) is 0. The Kier molecular flexibility index (Phi) is 7.05. The summed E-state index contributed by atoms with van der Waals surface area (Å²) in [4.78, 5) is 0. The molecule has 0 aliphatic heterocycles. The molecular formula is C8H16Sn. The van der Waals surface area contributed by atoms with Gasteiger partial charge < -0.3 is 0 Å². The number of unbranched alkanes of at least 4 members (excludes halogenated alkanes) is 1. The van der Waals surface area contributed by atoms with E-state index in [2.05, 4.69) is 20.4 Å². The zero-order valence-corrected chi connectivity index (χ0v) is 9.39. The third-order valence-corrected chi connectivity index (χ3v) is 5.59. The maximum atomic E-state index is 3.90. The molecule has 0 rings (SSSR count). The zero-order chi connectivity index (χ0) is 7.11. The van der Waals surface area contributed by atoms with Gasteiger partial charge in [0, 0.05) is 0 Å². The molecule has 0 aromatic heterocycles. The van der Waals surface area contributed by atoms with Crippen LogP contribution in [0, 0.1) is 0 Å². The Balaban J connectivity index is 2.83. The summed E-state index contributed by atoms with van der Waals surface area (Å²) in [5.41, 5.74) is 1.40. The van der Waals surface area contributed by atoms with Crippen LogP contribution in [0.4, 0.5) is 0 Å². The first-order chi connectivity index (χ1) is 4.27. The van der Waals surface area contributed by atoms with Gasteiger partial charge in [0.25, 0.3) is 0 Å². The summed E-state index contributed by atoms with van der Waals surface area (Å²) >= 11 is 0.0107. The molecule has 0 unspecified atom stereocenters. The number of hydrogen-bond acceptors (Lipinski definition) is 0. The predicted octanol–water partition coefficient (Wildman–Crippen LogP) is 2.90. The van der Waals surface area contributed by atoms with Crippen LogP contribution in [-0.4, -0.2) is 21.1 Å². The van der Waals surface area contributed by atoms with Crippen molar-refractivity contribution in [1.29, 1.82) is 0 Å². The molecule has 0 nitrogen and oxygen atoms in total. The Morgan fingerprint density at radius 2 is 2.22 bits per heavy atom. The van der Waals surface area contributed by atoms with Crippen LogP contribution in [0.5, 0.6) is 0 Å². The molecular weight excluding hydrogens is 215 g/mol. The van der Waals surface area contributed by atoms with Crippen LogP contribution in [0.1, 0.15) is 26.7 Å². The van der Waals surface area contributed by atoms with Gasteiger partial charge in [-0.25, -0.2) is 0 Å². The summed E-state index contributed by atoms with van der Waals surface area (Å²) in [6.07, 6.45) is 2.83. The number of rotatable bonds is 5. The minimum absolute atomic E-state index is 0.0107. The third kappa shape index (κ3) is 8.54. The molecule has 0 heterocycles. The molecule has 0 aliphatic carbocycles. The molecule has 0 aromatic rings. The van der Waals surface area contributed by atoms with E-state index in [9.17, 15) is 0 Å². The summed E-state index contributed by atoms with van der Waals surface area (Å²) in [5.74, 6) is 0. The van der Waals surface area contributed by atoms with Crippen LogP contribution in [0.2, 0.25) is 8.87 Å². The van der Waals surface area contributed by atoms with Gasteiger partial charge in [-0.3, -0.25) is 0 Å². The van der Waals surface area contributed by atoms with Crippen LogP contribution >= 0.6 is 0 Å². The monoisotopic (exact) mass is 232 g/mol. The average molecular weight is 231 g/mol. The summed E-state index contributed by atoms with van der Waals surface area (Å²) < 4.78 is 2.94. The molecule has 0 spiro atoms. The Hall–Kier alpha value is 0.539. The standard InChI is InChI=1S/C4H7.C4H9.Sn/c1-4(2)3;1-3-4-2;/h1-2H2,3H3;1,3-4H2,2H3;. The van der Waals surface area contributed by atoms with Crippen molar-refractivity contribution in [3.63, 3.8) is 0 Å². The van der Waals surface area contributed by atoms with Crippen LogP contribution < -0.4 is 0 Å². The second-order valence-corrected chi connectivity index (χ2v) is 6.35. The van der Waals surface area contributed by atoms with Crippen LogP contribution in [0.15, 0.2) is 12.2 Å². The van der Waals surface area contributed by atoms with E-state index in [1.165, 1.54) is 22.9 Å². The molecule has 0 amide bonds. The molecule has 1 heteroatoms. The molecule has 52 valence electrons. The third-order valence-electron chi connectivity index (χ3n) is 1.13. The van der Waals surface area contributed by atoms with Crippen LogP contribution in [0.3, 0.4) is 0 Å². The number of allylic oxidation sites excluding steroid dienone is 1. The fourth-order valence-electron chi connectivity index (χ4n) is 0.604. The van der Waals surface area contributed by atoms with Gasteiger partial charge in [-0.15, -0.1) is 0 Å². The van der Waals surface area contributed by atoms with E-state index >= 15 is 0 Å². The molecule has 0 aromatic carbocycles. The first-order valence-corrected chi connectivity index (χ1v) is 7.66. The van der Waals surface area contributed by atoms with Crippen molar-refractivity contribution in [3.8, 4) is 0 Å². The van der Waals surface area contributed by atoms with E-state index in [0.717, 1.165) is 0 Å². The molecule has 0 atom stereocenters. The van der Waals surface area contributed by atoms with Crippen molar-refractivity contribution in [2.75, 3.05) is 0 Å². The SMILES string of the molecule is C=C(C)[CH2][Sn][CH2]CCC. The Bertz CT molecular complexity index is 76.6. The maximum absolute atomic E-state index is 3.90. The Morgan fingerprint density at radius 1 is 1.56 bits per heavy atom. The van der Waals surface area contributed by atoms with Crippen LogP contribution in [-0.2, 0) is 0 Å². The van der Waals surface area contributed by atoms with Crippen molar-refractivity contribution in [1.82, 2.24) is 0 Å². The second kappa shape index (κ2) is 6.66. The van der Waals surface area contributed by atoms with E-state index in [4.69, 9.17) is 0 Å².